The maximum absolute atomic E-state index is 10.5. The van der Waals surface area contributed by atoms with Crippen molar-refractivity contribution in [2.45, 2.75) is 43.7 Å². The molecule has 1 saturated carbocycles. The fourth-order valence-electron chi connectivity index (χ4n) is 2.39. The molecule has 1 aliphatic carbocycles. The Morgan fingerprint density at radius 1 is 1.29 bits per heavy atom. The summed E-state index contributed by atoms with van der Waals surface area (Å²) in [6, 6.07) is 5.59. The first-order valence-electron chi connectivity index (χ1n) is 5.90. The summed E-state index contributed by atoms with van der Waals surface area (Å²) < 4.78 is 0. The Morgan fingerprint density at radius 2 is 1.94 bits per heavy atom. The predicted octanol–water partition coefficient (Wildman–Crippen LogP) is 3.17. The molecule has 0 heterocycles. The first-order chi connectivity index (χ1) is 7.98. The highest BCUT2D eigenvalue weighted by Crippen LogP contribution is 2.33. The lowest BCUT2D eigenvalue weighted by Gasteiger charge is -2.35. The van der Waals surface area contributed by atoms with Crippen LogP contribution in [0.4, 0.5) is 0 Å². The molecule has 0 amide bonds. The van der Waals surface area contributed by atoms with E-state index in [1.807, 2.05) is 6.07 Å². The molecule has 0 bridgehead atoms. The Bertz CT molecular complexity index is 400. The van der Waals surface area contributed by atoms with Crippen LogP contribution in [0.3, 0.4) is 0 Å². The van der Waals surface area contributed by atoms with Crippen LogP contribution in [0.25, 0.3) is 0 Å². The number of nitrogens with two attached hydrogens (primary N) is 1. The summed E-state index contributed by atoms with van der Waals surface area (Å²) in [4.78, 5) is 0. The van der Waals surface area contributed by atoms with Crippen molar-refractivity contribution < 1.29 is 5.11 Å². The molecule has 1 aliphatic rings. The van der Waals surface area contributed by atoms with Gasteiger partial charge in [-0.1, -0.05) is 23.2 Å². The van der Waals surface area contributed by atoms with Gasteiger partial charge in [-0.05, 0) is 49.4 Å². The minimum absolute atomic E-state index is 0.227. The average molecular weight is 274 g/mol. The normalized spacial score (nSPS) is 29.3. The zero-order chi connectivity index (χ0) is 12.5. The third kappa shape index (κ3) is 3.35. The summed E-state index contributed by atoms with van der Waals surface area (Å²) in [6.07, 6.45) is 3.76. The van der Waals surface area contributed by atoms with Gasteiger partial charge in [-0.3, -0.25) is 0 Å². The number of halogens is 2. The van der Waals surface area contributed by atoms with E-state index in [2.05, 4.69) is 0 Å². The van der Waals surface area contributed by atoms with Gasteiger partial charge in [0.1, 0.15) is 0 Å². The monoisotopic (exact) mass is 273 g/mol. The highest BCUT2D eigenvalue weighted by atomic mass is 35.5. The van der Waals surface area contributed by atoms with Crippen LogP contribution in [0.2, 0.25) is 10.0 Å². The van der Waals surface area contributed by atoms with E-state index < -0.39 is 5.60 Å². The molecular formula is C13H17Cl2NO. The van der Waals surface area contributed by atoms with E-state index in [-0.39, 0.29) is 6.04 Å². The zero-order valence-corrected chi connectivity index (χ0v) is 11.1. The second-order valence-electron chi connectivity index (χ2n) is 4.97. The van der Waals surface area contributed by atoms with Gasteiger partial charge < -0.3 is 10.8 Å². The number of hydrogen-bond acceptors (Lipinski definition) is 2. The molecule has 4 heteroatoms. The highest BCUT2D eigenvalue weighted by Gasteiger charge is 2.32. The van der Waals surface area contributed by atoms with Crippen LogP contribution in [0.5, 0.6) is 0 Å². The first-order valence-corrected chi connectivity index (χ1v) is 6.66. The maximum Gasteiger partial charge on any atom is 0.0689 e. The van der Waals surface area contributed by atoms with Crippen molar-refractivity contribution in [1.82, 2.24) is 0 Å². The van der Waals surface area contributed by atoms with Crippen molar-refractivity contribution >= 4 is 23.2 Å². The third-order valence-electron chi connectivity index (χ3n) is 3.49. The molecule has 2 rings (SSSR count). The van der Waals surface area contributed by atoms with Crippen LogP contribution in [0.15, 0.2) is 18.2 Å². The fourth-order valence-corrected chi connectivity index (χ4v) is 2.77. The average Bonchev–Trinajstić information content (AvgIpc) is 2.28. The zero-order valence-electron chi connectivity index (χ0n) is 9.63. The smallest absolute Gasteiger partial charge is 0.0689 e. The topological polar surface area (TPSA) is 46.2 Å². The van der Waals surface area contributed by atoms with Crippen LogP contribution in [0.1, 0.15) is 31.2 Å². The van der Waals surface area contributed by atoms with Gasteiger partial charge in [0.2, 0.25) is 0 Å². The van der Waals surface area contributed by atoms with E-state index >= 15 is 0 Å². The summed E-state index contributed by atoms with van der Waals surface area (Å²) in [5, 5.41) is 11.8. The summed E-state index contributed by atoms with van der Waals surface area (Å²) in [5.74, 6) is 0. The van der Waals surface area contributed by atoms with Gasteiger partial charge >= 0.3 is 0 Å². The van der Waals surface area contributed by atoms with Gasteiger partial charge in [0.15, 0.2) is 0 Å². The van der Waals surface area contributed by atoms with E-state index in [0.717, 1.165) is 31.2 Å². The van der Waals surface area contributed by atoms with Gasteiger partial charge in [-0.2, -0.15) is 0 Å². The van der Waals surface area contributed by atoms with Gasteiger partial charge in [-0.15, -0.1) is 0 Å². The second kappa shape index (κ2) is 5.15. The molecule has 17 heavy (non-hydrogen) atoms. The molecule has 0 spiro atoms. The van der Waals surface area contributed by atoms with E-state index in [1.54, 1.807) is 12.1 Å². The molecule has 1 aromatic carbocycles. The van der Waals surface area contributed by atoms with Crippen LogP contribution in [-0.2, 0) is 6.42 Å². The molecule has 0 aromatic heterocycles. The first kappa shape index (κ1) is 13.2. The van der Waals surface area contributed by atoms with Gasteiger partial charge in [-0.25, -0.2) is 0 Å². The lowest BCUT2D eigenvalue weighted by atomic mass is 9.79. The van der Waals surface area contributed by atoms with Crippen molar-refractivity contribution in [3.8, 4) is 0 Å². The standard InChI is InChI=1S/C13H17Cl2NO/c14-10-1-2-12(15)9(7-10)8-13(17)5-3-11(16)4-6-13/h1-2,7,11,17H,3-6,8,16H2. The Balaban J connectivity index is 2.12. The Labute approximate surface area is 112 Å². The highest BCUT2D eigenvalue weighted by molar-refractivity contribution is 6.33. The van der Waals surface area contributed by atoms with Crippen molar-refractivity contribution in [2.24, 2.45) is 5.73 Å². The molecule has 0 saturated heterocycles. The summed E-state index contributed by atoms with van der Waals surface area (Å²) in [5.41, 5.74) is 6.08. The van der Waals surface area contributed by atoms with E-state index in [4.69, 9.17) is 28.9 Å². The SMILES string of the molecule is NC1CCC(O)(Cc2cc(Cl)ccc2Cl)CC1. The Hall–Kier alpha value is -0.280. The fraction of sp³-hybridized carbons (Fsp3) is 0.538. The summed E-state index contributed by atoms with van der Waals surface area (Å²) >= 11 is 12.1. The van der Waals surface area contributed by atoms with Gasteiger partial charge in [0, 0.05) is 22.5 Å². The predicted molar refractivity (Wildman–Crippen MR) is 71.6 cm³/mol. The summed E-state index contributed by atoms with van der Waals surface area (Å²) in [7, 11) is 0. The lowest BCUT2D eigenvalue weighted by Crippen LogP contribution is -2.40. The van der Waals surface area contributed by atoms with Crippen LogP contribution in [0, 0.1) is 0 Å². The van der Waals surface area contributed by atoms with E-state index in [1.165, 1.54) is 0 Å². The summed E-state index contributed by atoms with van der Waals surface area (Å²) in [6.45, 7) is 0. The third-order valence-corrected chi connectivity index (χ3v) is 4.09. The molecule has 3 N–H and O–H groups in total. The van der Waals surface area contributed by atoms with Crippen molar-refractivity contribution in [3.05, 3.63) is 33.8 Å². The molecule has 0 unspecified atom stereocenters. The lowest BCUT2D eigenvalue weighted by molar-refractivity contribution is 0.000233. The number of benzene rings is 1. The van der Waals surface area contributed by atoms with E-state index in [9.17, 15) is 5.11 Å². The molecular weight excluding hydrogens is 257 g/mol. The molecule has 0 aliphatic heterocycles. The number of rotatable bonds is 2. The molecule has 1 fully saturated rings. The van der Waals surface area contributed by atoms with Crippen molar-refractivity contribution in [3.63, 3.8) is 0 Å². The molecule has 94 valence electrons. The minimum atomic E-state index is -0.676. The van der Waals surface area contributed by atoms with Gasteiger partial charge in [0.25, 0.3) is 0 Å². The molecule has 0 atom stereocenters. The molecule has 2 nitrogen and oxygen atoms in total. The Morgan fingerprint density at radius 3 is 2.59 bits per heavy atom. The van der Waals surface area contributed by atoms with Crippen LogP contribution >= 0.6 is 23.2 Å². The second-order valence-corrected chi connectivity index (χ2v) is 5.82. The maximum atomic E-state index is 10.5. The van der Waals surface area contributed by atoms with Crippen LogP contribution < -0.4 is 5.73 Å². The largest absolute Gasteiger partial charge is 0.390 e. The number of aliphatic hydroxyl groups is 1. The van der Waals surface area contributed by atoms with Gasteiger partial charge in [0.05, 0.1) is 5.60 Å². The number of hydrogen-bond donors (Lipinski definition) is 2. The van der Waals surface area contributed by atoms with Crippen LogP contribution in [-0.4, -0.2) is 16.7 Å². The quantitative estimate of drug-likeness (QED) is 0.870. The molecule has 0 radical (unpaired) electrons. The van der Waals surface area contributed by atoms with E-state index in [0.29, 0.717) is 16.5 Å². The van der Waals surface area contributed by atoms with Crippen molar-refractivity contribution in [2.75, 3.05) is 0 Å². The minimum Gasteiger partial charge on any atom is -0.390 e. The Kier molecular flexibility index (Phi) is 3.99. The molecule has 1 aromatic rings. The van der Waals surface area contributed by atoms with Crippen molar-refractivity contribution in [1.29, 1.82) is 0 Å².